The Balaban J connectivity index is 2.05. The molecule has 1 fully saturated rings. The van der Waals surface area contributed by atoms with Gasteiger partial charge in [-0.1, -0.05) is 13.8 Å². The predicted molar refractivity (Wildman–Crippen MR) is 78.7 cm³/mol. The molecule has 3 heterocycles. The summed E-state index contributed by atoms with van der Waals surface area (Å²) in [4.78, 5) is 9.77. The highest BCUT2D eigenvalue weighted by Crippen LogP contribution is 2.34. The first-order valence-corrected chi connectivity index (χ1v) is 7.85. The molecular formula is C16H25N3O. The van der Waals surface area contributed by atoms with Gasteiger partial charge >= 0.3 is 0 Å². The first-order valence-electron chi connectivity index (χ1n) is 7.85. The van der Waals surface area contributed by atoms with Crippen LogP contribution in [0.25, 0.3) is 0 Å². The molecule has 0 saturated carbocycles. The molecule has 1 N–H and O–H groups in total. The maximum atomic E-state index is 6.03. The van der Waals surface area contributed by atoms with Gasteiger partial charge in [0.25, 0.3) is 0 Å². The summed E-state index contributed by atoms with van der Waals surface area (Å²) < 4.78 is 6.03. The van der Waals surface area contributed by atoms with Crippen molar-refractivity contribution in [1.82, 2.24) is 15.3 Å². The van der Waals surface area contributed by atoms with Crippen LogP contribution < -0.4 is 5.32 Å². The average molecular weight is 275 g/mol. The topological polar surface area (TPSA) is 47.0 Å². The molecule has 0 aliphatic carbocycles. The number of aromatic nitrogens is 2. The molecule has 1 aromatic rings. The minimum absolute atomic E-state index is 0.297. The number of hydrogen-bond acceptors (Lipinski definition) is 4. The Bertz CT molecular complexity index is 493. The van der Waals surface area contributed by atoms with Crippen LogP contribution in [0.4, 0.5) is 0 Å². The van der Waals surface area contributed by atoms with Crippen molar-refractivity contribution in [3.63, 3.8) is 0 Å². The number of ether oxygens (including phenoxy) is 1. The molecule has 4 heteroatoms. The predicted octanol–water partition coefficient (Wildman–Crippen LogP) is 2.66. The lowest BCUT2D eigenvalue weighted by molar-refractivity contribution is -0.0763. The van der Waals surface area contributed by atoms with Crippen molar-refractivity contribution in [1.29, 1.82) is 0 Å². The van der Waals surface area contributed by atoms with Crippen molar-refractivity contribution < 1.29 is 4.74 Å². The van der Waals surface area contributed by atoms with Crippen LogP contribution in [0.2, 0.25) is 0 Å². The van der Waals surface area contributed by atoms with E-state index < -0.39 is 0 Å². The molecule has 0 aromatic carbocycles. The molecule has 4 nitrogen and oxygen atoms in total. The Morgan fingerprint density at radius 3 is 2.80 bits per heavy atom. The molecule has 1 atom stereocenters. The highest BCUT2D eigenvalue weighted by Gasteiger charge is 2.34. The number of hydrogen-bond donors (Lipinski definition) is 1. The van der Waals surface area contributed by atoms with Gasteiger partial charge in [-0.15, -0.1) is 0 Å². The SMILES string of the molecule is CC(C)c1nc(C2(C)CCCCO2)nc2c1CCNC2. The van der Waals surface area contributed by atoms with E-state index in [2.05, 4.69) is 26.1 Å². The molecule has 110 valence electrons. The largest absolute Gasteiger partial charge is 0.367 e. The van der Waals surface area contributed by atoms with E-state index in [9.17, 15) is 0 Å². The molecule has 2 aliphatic heterocycles. The normalized spacial score (nSPS) is 26.6. The fourth-order valence-corrected chi connectivity index (χ4v) is 3.21. The highest BCUT2D eigenvalue weighted by molar-refractivity contribution is 5.31. The van der Waals surface area contributed by atoms with Gasteiger partial charge in [-0.2, -0.15) is 0 Å². The summed E-state index contributed by atoms with van der Waals surface area (Å²) in [5, 5.41) is 3.42. The van der Waals surface area contributed by atoms with Gasteiger partial charge in [-0.25, -0.2) is 9.97 Å². The molecule has 1 unspecified atom stereocenters. The first kappa shape index (κ1) is 14.0. The van der Waals surface area contributed by atoms with Crippen LogP contribution in [-0.2, 0) is 23.3 Å². The van der Waals surface area contributed by atoms with Gasteiger partial charge < -0.3 is 10.1 Å². The van der Waals surface area contributed by atoms with Gasteiger partial charge in [-0.3, -0.25) is 0 Å². The minimum Gasteiger partial charge on any atom is -0.367 e. The summed E-state index contributed by atoms with van der Waals surface area (Å²) in [6.07, 6.45) is 4.42. The van der Waals surface area contributed by atoms with E-state index in [0.717, 1.165) is 44.8 Å². The Morgan fingerprint density at radius 1 is 1.25 bits per heavy atom. The van der Waals surface area contributed by atoms with Crippen LogP contribution in [0.1, 0.15) is 68.7 Å². The summed E-state index contributed by atoms with van der Waals surface area (Å²) >= 11 is 0. The van der Waals surface area contributed by atoms with Gasteiger partial charge in [0.05, 0.1) is 11.4 Å². The summed E-state index contributed by atoms with van der Waals surface area (Å²) in [7, 11) is 0. The summed E-state index contributed by atoms with van der Waals surface area (Å²) in [6, 6.07) is 0. The van der Waals surface area contributed by atoms with Crippen LogP contribution in [0, 0.1) is 0 Å². The zero-order valence-electron chi connectivity index (χ0n) is 12.8. The monoisotopic (exact) mass is 275 g/mol. The molecule has 3 rings (SSSR count). The second kappa shape index (κ2) is 5.41. The molecule has 1 aromatic heterocycles. The summed E-state index contributed by atoms with van der Waals surface area (Å²) in [5.74, 6) is 1.33. The lowest BCUT2D eigenvalue weighted by atomic mass is 9.92. The molecule has 0 radical (unpaired) electrons. The molecule has 2 aliphatic rings. The van der Waals surface area contributed by atoms with Crippen molar-refractivity contribution >= 4 is 0 Å². The van der Waals surface area contributed by atoms with Crippen LogP contribution >= 0.6 is 0 Å². The Morgan fingerprint density at radius 2 is 2.10 bits per heavy atom. The number of nitrogens with zero attached hydrogens (tertiary/aromatic N) is 2. The lowest BCUT2D eigenvalue weighted by Crippen LogP contribution is -2.35. The molecular weight excluding hydrogens is 250 g/mol. The van der Waals surface area contributed by atoms with Crippen LogP contribution in [0.3, 0.4) is 0 Å². The zero-order chi connectivity index (χ0) is 14.2. The lowest BCUT2D eigenvalue weighted by Gasteiger charge is -2.34. The van der Waals surface area contributed by atoms with Gasteiger partial charge in [0.2, 0.25) is 0 Å². The zero-order valence-corrected chi connectivity index (χ0v) is 12.8. The smallest absolute Gasteiger partial charge is 0.160 e. The molecule has 1 saturated heterocycles. The van der Waals surface area contributed by atoms with Crippen molar-refractivity contribution in [2.24, 2.45) is 0 Å². The maximum Gasteiger partial charge on any atom is 0.160 e. The van der Waals surface area contributed by atoms with E-state index in [4.69, 9.17) is 14.7 Å². The third-order valence-electron chi connectivity index (χ3n) is 4.46. The summed E-state index contributed by atoms with van der Waals surface area (Å²) in [5.41, 5.74) is 3.47. The van der Waals surface area contributed by atoms with Gasteiger partial charge in [0, 0.05) is 13.2 Å². The molecule has 0 spiro atoms. The van der Waals surface area contributed by atoms with E-state index in [-0.39, 0.29) is 5.60 Å². The first-order chi connectivity index (χ1) is 9.60. The number of fused-ring (bicyclic) bond motifs is 1. The average Bonchev–Trinajstić information content (AvgIpc) is 2.46. The quantitative estimate of drug-likeness (QED) is 0.901. The van der Waals surface area contributed by atoms with E-state index in [1.54, 1.807) is 0 Å². The third kappa shape index (κ3) is 2.47. The van der Waals surface area contributed by atoms with Crippen LogP contribution in [-0.4, -0.2) is 23.1 Å². The molecule has 0 bridgehead atoms. The Hall–Kier alpha value is -1.00. The second-order valence-electron chi connectivity index (χ2n) is 6.48. The third-order valence-corrected chi connectivity index (χ3v) is 4.46. The Kier molecular flexibility index (Phi) is 3.78. The van der Waals surface area contributed by atoms with Crippen LogP contribution in [0.5, 0.6) is 0 Å². The van der Waals surface area contributed by atoms with Gasteiger partial charge in [0.15, 0.2) is 5.82 Å². The van der Waals surface area contributed by atoms with E-state index >= 15 is 0 Å². The second-order valence-corrected chi connectivity index (χ2v) is 6.48. The van der Waals surface area contributed by atoms with Crippen molar-refractivity contribution in [3.8, 4) is 0 Å². The highest BCUT2D eigenvalue weighted by atomic mass is 16.5. The van der Waals surface area contributed by atoms with E-state index in [1.807, 2.05) is 0 Å². The van der Waals surface area contributed by atoms with E-state index in [1.165, 1.54) is 23.4 Å². The fourth-order valence-electron chi connectivity index (χ4n) is 3.21. The van der Waals surface area contributed by atoms with Gasteiger partial charge in [-0.05, 0) is 50.6 Å². The fraction of sp³-hybridized carbons (Fsp3) is 0.750. The molecule has 0 amide bonds. The van der Waals surface area contributed by atoms with Crippen molar-refractivity contribution in [2.45, 2.75) is 64.5 Å². The number of nitrogens with one attached hydrogen (secondary N) is 1. The van der Waals surface area contributed by atoms with Crippen molar-refractivity contribution in [3.05, 3.63) is 22.8 Å². The standard InChI is InChI=1S/C16H25N3O/c1-11(2)14-12-6-8-17-10-13(12)18-15(19-14)16(3)7-4-5-9-20-16/h11,17H,4-10H2,1-3H3. The van der Waals surface area contributed by atoms with Gasteiger partial charge in [0.1, 0.15) is 5.60 Å². The number of rotatable bonds is 2. The molecule has 20 heavy (non-hydrogen) atoms. The minimum atomic E-state index is -0.297. The Labute approximate surface area is 121 Å². The van der Waals surface area contributed by atoms with Crippen LogP contribution in [0.15, 0.2) is 0 Å². The van der Waals surface area contributed by atoms with Crippen molar-refractivity contribution in [2.75, 3.05) is 13.2 Å². The maximum absolute atomic E-state index is 6.03. The van der Waals surface area contributed by atoms with E-state index in [0.29, 0.717) is 5.92 Å². The summed E-state index contributed by atoms with van der Waals surface area (Å²) in [6.45, 7) is 9.31.